The summed E-state index contributed by atoms with van der Waals surface area (Å²) in [7, 11) is 0. The van der Waals surface area contributed by atoms with Gasteiger partial charge < -0.3 is 4.90 Å². The molecule has 2 heterocycles. The molecule has 0 bridgehead atoms. The maximum atomic E-state index is 2.74. The zero-order valence-corrected chi connectivity index (χ0v) is 13.0. The molecule has 1 aromatic rings. The van der Waals surface area contributed by atoms with Crippen molar-refractivity contribution in [3.63, 3.8) is 0 Å². The van der Waals surface area contributed by atoms with Crippen molar-refractivity contribution in [2.45, 2.75) is 38.5 Å². The number of benzene rings is 1. The summed E-state index contributed by atoms with van der Waals surface area (Å²) in [5.74, 6) is 2.99. The van der Waals surface area contributed by atoms with Gasteiger partial charge in [0.15, 0.2) is 0 Å². The summed E-state index contributed by atoms with van der Waals surface area (Å²) in [6, 6.07) is 2.49. The van der Waals surface area contributed by atoms with E-state index in [1.54, 1.807) is 22.4 Å². The monoisotopic (exact) mass is 277 g/mol. The second-order valence-corrected chi connectivity index (χ2v) is 7.47. The highest BCUT2D eigenvalue weighted by atomic mass is 15.2. The summed E-state index contributed by atoms with van der Waals surface area (Å²) in [6.45, 7) is 7.18. The lowest BCUT2D eigenvalue weighted by molar-refractivity contribution is 0.409. The topological polar surface area (TPSA) is 3.24 Å². The van der Waals surface area contributed by atoms with E-state index in [2.05, 4.69) is 49.1 Å². The number of allylic oxidation sites excluding steroid dienone is 4. The fourth-order valence-electron chi connectivity index (χ4n) is 5.27. The molecule has 2 aliphatic carbocycles. The van der Waals surface area contributed by atoms with Gasteiger partial charge in [0.05, 0.1) is 0 Å². The molecule has 0 radical (unpaired) electrons. The Bertz CT molecular complexity index is 680. The third-order valence-corrected chi connectivity index (χ3v) is 6.39. The number of anilines is 1. The van der Waals surface area contributed by atoms with Crippen molar-refractivity contribution < 1.29 is 0 Å². The second kappa shape index (κ2) is 4.03. The summed E-state index contributed by atoms with van der Waals surface area (Å²) < 4.78 is 0. The van der Waals surface area contributed by atoms with E-state index in [0.29, 0.717) is 11.8 Å². The molecule has 2 aliphatic heterocycles. The third-order valence-electron chi connectivity index (χ3n) is 6.39. The molecular weight excluding hydrogens is 254 g/mol. The van der Waals surface area contributed by atoms with Crippen LogP contribution in [0.4, 0.5) is 5.69 Å². The molecule has 0 amide bonds. The Morgan fingerprint density at radius 2 is 1.62 bits per heavy atom. The molecule has 21 heavy (non-hydrogen) atoms. The molecule has 4 atom stereocenters. The van der Waals surface area contributed by atoms with Crippen molar-refractivity contribution in [1.29, 1.82) is 0 Å². The van der Waals surface area contributed by atoms with Crippen molar-refractivity contribution in [3.8, 4) is 0 Å². The van der Waals surface area contributed by atoms with Crippen LogP contribution in [-0.4, -0.2) is 13.1 Å². The first-order valence-corrected chi connectivity index (χ1v) is 8.46. The number of hydrogen-bond acceptors (Lipinski definition) is 1. The molecule has 0 N–H and O–H groups in total. The molecule has 0 spiro atoms. The van der Waals surface area contributed by atoms with Gasteiger partial charge in [-0.25, -0.2) is 0 Å². The number of aryl methyl sites for hydroxylation is 1. The van der Waals surface area contributed by atoms with Gasteiger partial charge >= 0.3 is 0 Å². The van der Waals surface area contributed by atoms with Crippen LogP contribution in [0.1, 0.15) is 46.9 Å². The fourth-order valence-corrected chi connectivity index (χ4v) is 5.27. The Morgan fingerprint density at radius 1 is 0.952 bits per heavy atom. The summed E-state index contributed by atoms with van der Waals surface area (Å²) >= 11 is 0. The van der Waals surface area contributed by atoms with E-state index in [-0.39, 0.29) is 0 Å². The molecule has 1 aromatic carbocycles. The molecule has 108 valence electrons. The molecule has 0 saturated heterocycles. The molecule has 4 unspecified atom stereocenters. The smallest absolute Gasteiger partial charge is 0.0446 e. The Labute approximate surface area is 127 Å². The van der Waals surface area contributed by atoms with Gasteiger partial charge in [-0.3, -0.25) is 0 Å². The largest absolute Gasteiger partial charge is 0.370 e. The van der Waals surface area contributed by atoms with Crippen molar-refractivity contribution >= 4 is 5.69 Å². The van der Waals surface area contributed by atoms with Gasteiger partial charge in [-0.1, -0.05) is 30.4 Å². The average Bonchev–Trinajstić information content (AvgIpc) is 3.11. The van der Waals surface area contributed by atoms with Crippen molar-refractivity contribution in [1.82, 2.24) is 0 Å². The molecule has 1 nitrogen and oxygen atoms in total. The van der Waals surface area contributed by atoms with Crippen LogP contribution in [0.25, 0.3) is 0 Å². The second-order valence-electron chi connectivity index (χ2n) is 7.47. The quantitative estimate of drug-likeness (QED) is 0.633. The molecule has 0 fully saturated rings. The van der Waals surface area contributed by atoms with Crippen LogP contribution >= 0.6 is 0 Å². The molecular formula is C20H23N. The Hall–Kier alpha value is -1.50. The Balaban J connectivity index is 1.80. The highest BCUT2D eigenvalue weighted by molar-refractivity contribution is 5.71. The van der Waals surface area contributed by atoms with E-state index in [1.165, 1.54) is 31.5 Å². The molecule has 0 aromatic heterocycles. The van der Waals surface area contributed by atoms with Crippen molar-refractivity contribution in [2.75, 3.05) is 18.0 Å². The predicted octanol–water partition coefficient (Wildman–Crippen LogP) is 4.46. The third kappa shape index (κ3) is 1.47. The first-order valence-electron chi connectivity index (χ1n) is 8.46. The van der Waals surface area contributed by atoms with Crippen molar-refractivity contribution in [2.24, 2.45) is 11.8 Å². The fraction of sp³-hybridized carbons (Fsp3) is 0.500. The van der Waals surface area contributed by atoms with Gasteiger partial charge in [0.2, 0.25) is 0 Å². The lowest BCUT2D eigenvalue weighted by Crippen LogP contribution is -2.44. The highest BCUT2D eigenvalue weighted by Gasteiger charge is 2.42. The van der Waals surface area contributed by atoms with Gasteiger partial charge in [-0.2, -0.15) is 0 Å². The van der Waals surface area contributed by atoms with Gasteiger partial charge in [0, 0.05) is 30.6 Å². The number of rotatable bonds is 0. The lowest BCUT2D eigenvalue weighted by atomic mass is 9.73. The minimum atomic E-state index is 0.677. The normalized spacial score (nSPS) is 34.9. The summed E-state index contributed by atoms with van der Waals surface area (Å²) in [6.07, 6.45) is 12.3. The van der Waals surface area contributed by atoms with Crippen LogP contribution in [0.5, 0.6) is 0 Å². The standard InChI is InChI=1S/C20H23N/c1-12-9-18-16-7-3-5-14(16)10-21-11-15-6-4-8-17(15)19(13(12)2)20(18)21/h3-4,7-9,14-17H,5-6,10-11H2,1-2H3. The molecule has 5 rings (SSSR count). The van der Waals surface area contributed by atoms with Crippen LogP contribution in [0.2, 0.25) is 0 Å². The zero-order valence-electron chi connectivity index (χ0n) is 13.0. The van der Waals surface area contributed by atoms with Crippen LogP contribution < -0.4 is 4.90 Å². The first kappa shape index (κ1) is 12.1. The Morgan fingerprint density at radius 3 is 2.38 bits per heavy atom. The van der Waals surface area contributed by atoms with Crippen LogP contribution in [-0.2, 0) is 0 Å². The zero-order chi connectivity index (χ0) is 14.1. The first-order chi connectivity index (χ1) is 10.2. The maximum absolute atomic E-state index is 2.74. The van der Waals surface area contributed by atoms with E-state index in [9.17, 15) is 0 Å². The Kier molecular flexibility index (Phi) is 2.32. The molecule has 0 saturated carbocycles. The summed E-state index contributed by atoms with van der Waals surface area (Å²) in [4.78, 5) is 2.74. The van der Waals surface area contributed by atoms with E-state index in [0.717, 1.165) is 11.8 Å². The maximum Gasteiger partial charge on any atom is 0.0446 e. The predicted molar refractivity (Wildman–Crippen MR) is 88.1 cm³/mol. The van der Waals surface area contributed by atoms with E-state index in [4.69, 9.17) is 0 Å². The molecule has 4 aliphatic rings. The number of hydrogen-bond donors (Lipinski definition) is 0. The van der Waals surface area contributed by atoms with Crippen LogP contribution in [0.15, 0.2) is 30.4 Å². The van der Waals surface area contributed by atoms with Crippen LogP contribution in [0, 0.1) is 25.7 Å². The minimum absolute atomic E-state index is 0.677. The summed E-state index contributed by atoms with van der Waals surface area (Å²) in [5.41, 5.74) is 7.93. The highest BCUT2D eigenvalue weighted by Crippen LogP contribution is 2.54. The van der Waals surface area contributed by atoms with Crippen LogP contribution in [0.3, 0.4) is 0 Å². The van der Waals surface area contributed by atoms with Gasteiger partial charge in [-0.05, 0) is 60.8 Å². The number of fused-ring (bicyclic) bond motifs is 4. The summed E-state index contributed by atoms with van der Waals surface area (Å²) in [5, 5.41) is 0. The van der Waals surface area contributed by atoms with Gasteiger partial charge in [-0.15, -0.1) is 0 Å². The average molecular weight is 277 g/mol. The van der Waals surface area contributed by atoms with Gasteiger partial charge in [0.1, 0.15) is 0 Å². The van der Waals surface area contributed by atoms with Crippen molar-refractivity contribution in [3.05, 3.63) is 52.6 Å². The minimum Gasteiger partial charge on any atom is -0.370 e. The van der Waals surface area contributed by atoms with Gasteiger partial charge in [0.25, 0.3) is 0 Å². The SMILES string of the molecule is Cc1cc2c3c(c1C)C1C=CCC1CN3CC1CC=CC21. The van der Waals surface area contributed by atoms with E-state index < -0.39 is 0 Å². The number of nitrogens with zero attached hydrogens (tertiary/aromatic N) is 1. The van der Waals surface area contributed by atoms with E-state index in [1.807, 2.05) is 0 Å². The molecule has 1 heteroatoms. The lowest BCUT2D eigenvalue weighted by Gasteiger charge is -2.47. The van der Waals surface area contributed by atoms with E-state index >= 15 is 0 Å².